The molecule has 1 unspecified atom stereocenters. The number of carbonyl (C=O) groups excluding carboxylic acids is 1. The molecule has 180 valence electrons. The number of fused-ring (bicyclic) bond motifs is 1. The van der Waals surface area contributed by atoms with Crippen molar-refractivity contribution >= 4 is 22.8 Å². The average Bonchev–Trinajstić information content (AvgIpc) is 3.61. The van der Waals surface area contributed by atoms with Crippen molar-refractivity contribution in [3.8, 4) is 28.8 Å². The number of hydrogen-bond donors (Lipinski definition) is 2. The van der Waals surface area contributed by atoms with Crippen LogP contribution in [0.3, 0.4) is 0 Å². The monoisotopic (exact) mass is 483 g/mol. The standard InChI is InChI=1S/C26H22FN7O2/c1-15(32-26(35)17(13-28)11-16-7-8-16)34-25-22(24(29)30-14-31-25)23(33-34)20-10-9-19(12-21(20)27)36-18-5-3-2-4-6-18/h2-6,9-12,14-16H,7-8H2,1H3,(H,32,35)(H2,29,30,31). The van der Waals surface area contributed by atoms with E-state index in [1.807, 2.05) is 24.3 Å². The van der Waals surface area contributed by atoms with Crippen LogP contribution in [0.1, 0.15) is 25.9 Å². The van der Waals surface area contributed by atoms with Crippen LogP contribution in [0.5, 0.6) is 11.5 Å². The van der Waals surface area contributed by atoms with Crippen molar-refractivity contribution in [2.45, 2.75) is 25.9 Å². The Balaban J connectivity index is 1.49. The molecule has 2 heterocycles. The molecule has 1 saturated carbocycles. The first-order valence-corrected chi connectivity index (χ1v) is 11.4. The number of nitrogens with two attached hydrogens (primary N) is 1. The van der Waals surface area contributed by atoms with Gasteiger partial charge >= 0.3 is 0 Å². The van der Waals surface area contributed by atoms with E-state index in [-0.39, 0.29) is 28.6 Å². The summed E-state index contributed by atoms with van der Waals surface area (Å²) in [6.07, 6.45) is 4.19. The maximum Gasteiger partial charge on any atom is 0.263 e. The van der Waals surface area contributed by atoms with Crippen molar-refractivity contribution in [2.75, 3.05) is 5.73 Å². The number of nitrogens with one attached hydrogen (secondary N) is 1. The summed E-state index contributed by atoms with van der Waals surface area (Å²) in [5, 5.41) is 17.0. The van der Waals surface area contributed by atoms with E-state index in [2.05, 4.69) is 20.4 Å². The van der Waals surface area contributed by atoms with Gasteiger partial charge in [0.25, 0.3) is 5.91 Å². The Labute approximate surface area is 206 Å². The second kappa shape index (κ2) is 9.46. The summed E-state index contributed by atoms with van der Waals surface area (Å²) in [6, 6.07) is 15.4. The third-order valence-corrected chi connectivity index (χ3v) is 5.79. The molecule has 5 rings (SSSR count). The molecule has 0 saturated heterocycles. The summed E-state index contributed by atoms with van der Waals surface area (Å²) in [5.41, 5.74) is 6.90. The molecule has 1 aliphatic carbocycles. The first-order chi connectivity index (χ1) is 17.4. The van der Waals surface area contributed by atoms with Gasteiger partial charge in [-0.25, -0.2) is 19.0 Å². The highest BCUT2D eigenvalue weighted by Gasteiger charge is 2.25. The Bertz CT molecular complexity index is 1520. The van der Waals surface area contributed by atoms with E-state index in [0.29, 0.717) is 22.5 Å². The molecule has 9 nitrogen and oxygen atoms in total. The Morgan fingerprint density at radius 1 is 1.25 bits per heavy atom. The van der Waals surface area contributed by atoms with Crippen LogP contribution < -0.4 is 15.8 Å². The highest BCUT2D eigenvalue weighted by molar-refractivity contribution is 5.99. The molecular weight excluding hydrogens is 461 g/mol. The Hall–Kier alpha value is -4.78. The Morgan fingerprint density at radius 2 is 2.03 bits per heavy atom. The number of amides is 1. The maximum absolute atomic E-state index is 15.3. The molecule has 36 heavy (non-hydrogen) atoms. The lowest BCUT2D eigenvalue weighted by molar-refractivity contribution is -0.118. The second-order valence-electron chi connectivity index (χ2n) is 8.49. The minimum Gasteiger partial charge on any atom is -0.457 e. The van der Waals surface area contributed by atoms with Crippen LogP contribution in [0.25, 0.3) is 22.3 Å². The fourth-order valence-electron chi connectivity index (χ4n) is 3.82. The molecule has 10 heteroatoms. The van der Waals surface area contributed by atoms with Gasteiger partial charge in [-0.1, -0.05) is 24.3 Å². The summed E-state index contributed by atoms with van der Waals surface area (Å²) >= 11 is 0. The van der Waals surface area contributed by atoms with Crippen LogP contribution in [0.4, 0.5) is 10.2 Å². The molecule has 2 aromatic heterocycles. The lowest BCUT2D eigenvalue weighted by Gasteiger charge is -2.14. The van der Waals surface area contributed by atoms with Crippen LogP contribution in [-0.2, 0) is 4.79 Å². The fraction of sp³-hybridized carbons (Fsp3) is 0.192. The minimum absolute atomic E-state index is 0.0511. The number of para-hydroxylation sites is 1. The number of hydrogen-bond acceptors (Lipinski definition) is 7. The van der Waals surface area contributed by atoms with Gasteiger partial charge in [0.15, 0.2) is 5.65 Å². The van der Waals surface area contributed by atoms with Crippen LogP contribution in [0.2, 0.25) is 0 Å². The van der Waals surface area contributed by atoms with E-state index in [9.17, 15) is 10.1 Å². The van der Waals surface area contributed by atoms with Gasteiger partial charge in [-0.2, -0.15) is 10.4 Å². The van der Waals surface area contributed by atoms with Gasteiger partial charge in [-0.3, -0.25) is 4.79 Å². The highest BCUT2D eigenvalue weighted by Crippen LogP contribution is 2.35. The second-order valence-corrected chi connectivity index (χ2v) is 8.49. The summed E-state index contributed by atoms with van der Waals surface area (Å²) in [7, 11) is 0. The lowest BCUT2D eigenvalue weighted by Crippen LogP contribution is -2.32. The van der Waals surface area contributed by atoms with Gasteiger partial charge < -0.3 is 15.8 Å². The zero-order valence-corrected chi connectivity index (χ0v) is 19.4. The normalized spacial score (nSPS) is 14.3. The van der Waals surface area contributed by atoms with E-state index in [1.54, 1.807) is 37.3 Å². The van der Waals surface area contributed by atoms with Gasteiger partial charge in [-0.05, 0) is 49.9 Å². The first-order valence-electron chi connectivity index (χ1n) is 11.4. The van der Waals surface area contributed by atoms with Gasteiger partial charge in [-0.15, -0.1) is 0 Å². The van der Waals surface area contributed by atoms with Gasteiger partial charge in [0.1, 0.15) is 53.0 Å². The number of rotatable bonds is 7. The molecule has 4 aromatic rings. The highest BCUT2D eigenvalue weighted by atomic mass is 19.1. The summed E-state index contributed by atoms with van der Waals surface area (Å²) < 4.78 is 22.4. The quantitative estimate of drug-likeness (QED) is 0.292. The number of nitrogen functional groups attached to an aromatic ring is 1. The van der Waals surface area contributed by atoms with Crippen molar-refractivity contribution in [1.82, 2.24) is 25.1 Å². The van der Waals surface area contributed by atoms with Crippen molar-refractivity contribution in [1.29, 1.82) is 5.26 Å². The summed E-state index contributed by atoms with van der Waals surface area (Å²) in [6.45, 7) is 1.69. The molecule has 1 aliphatic rings. The molecular formula is C26H22FN7O2. The summed E-state index contributed by atoms with van der Waals surface area (Å²) in [4.78, 5) is 21.0. The smallest absolute Gasteiger partial charge is 0.263 e. The topological polar surface area (TPSA) is 132 Å². The van der Waals surface area contributed by atoms with Crippen LogP contribution in [0.15, 0.2) is 66.5 Å². The van der Waals surface area contributed by atoms with Crippen molar-refractivity contribution in [2.24, 2.45) is 5.92 Å². The number of nitrogens with zero attached hydrogens (tertiary/aromatic N) is 5. The van der Waals surface area contributed by atoms with E-state index in [1.165, 1.54) is 17.1 Å². The molecule has 2 aromatic carbocycles. The molecule has 0 bridgehead atoms. The SMILES string of the molecule is CC(NC(=O)C(C#N)=CC1CC1)n1nc(-c2ccc(Oc3ccccc3)cc2F)c2c(N)ncnc21. The molecule has 0 aliphatic heterocycles. The van der Waals surface area contributed by atoms with Crippen LogP contribution >= 0.6 is 0 Å². The predicted molar refractivity (Wildman–Crippen MR) is 131 cm³/mol. The van der Waals surface area contributed by atoms with Gasteiger partial charge in [0.2, 0.25) is 0 Å². The number of ether oxygens (including phenoxy) is 1. The van der Waals surface area contributed by atoms with E-state index in [4.69, 9.17) is 10.5 Å². The van der Waals surface area contributed by atoms with Crippen LogP contribution in [-0.4, -0.2) is 25.7 Å². The third-order valence-electron chi connectivity index (χ3n) is 5.79. The zero-order valence-electron chi connectivity index (χ0n) is 19.4. The number of carbonyl (C=O) groups is 1. The van der Waals surface area contributed by atoms with Crippen molar-refractivity contribution in [3.63, 3.8) is 0 Å². The molecule has 1 fully saturated rings. The average molecular weight is 484 g/mol. The summed E-state index contributed by atoms with van der Waals surface area (Å²) in [5.74, 6) is 0.195. The molecule has 3 N–H and O–H groups in total. The van der Waals surface area contributed by atoms with Crippen LogP contribution in [0, 0.1) is 23.1 Å². The Kier molecular flexibility index (Phi) is 6.04. The molecule has 0 spiro atoms. The number of aromatic nitrogens is 4. The number of allylic oxidation sites excluding steroid dienone is 1. The lowest BCUT2D eigenvalue weighted by atomic mass is 10.1. The third kappa shape index (κ3) is 4.59. The van der Waals surface area contributed by atoms with Gasteiger partial charge in [0.05, 0.1) is 5.39 Å². The van der Waals surface area contributed by atoms with Crippen molar-refractivity contribution in [3.05, 3.63) is 72.3 Å². The Morgan fingerprint density at radius 3 is 2.72 bits per heavy atom. The largest absolute Gasteiger partial charge is 0.457 e. The van der Waals surface area contributed by atoms with Crippen molar-refractivity contribution < 1.29 is 13.9 Å². The number of benzene rings is 2. The molecule has 0 radical (unpaired) electrons. The maximum atomic E-state index is 15.3. The number of halogens is 1. The van der Waals surface area contributed by atoms with E-state index >= 15 is 4.39 Å². The fourth-order valence-corrected chi connectivity index (χ4v) is 3.82. The predicted octanol–water partition coefficient (Wildman–Crippen LogP) is 4.50. The molecule has 1 amide bonds. The first kappa shape index (κ1) is 23.0. The molecule has 1 atom stereocenters. The van der Waals surface area contributed by atoms with Gasteiger partial charge in [0, 0.05) is 11.6 Å². The number of nitriles is 1. The minimum atomic E-state index is -0.706. The van der Waals surface area contributed by atoms with E-state index in [0.717, 1.165) is 12.8 Å². The number of anilines is 1. The zero-order chi connectivity index (χ0) is 25.2. The van der Waals surface area contributed by atoms with E-state index < -0.39 is 17.9 Å².